The second-order valence-corrected chi connectivity index (χ2v) is 12.1. The van der Waals surface area contributed by atoms with Crippen LogP contribution < -0.4 is 5.32 Å². The molecule has 0 saturated carbocycles. The third-order valence-electron chi connectivity index (χ3n) is 3.69. The smallest absolute Gasteiger partial charge is 0.229 e. The van der Waals surface area contributed by atoms with E-state index in [4.69, 9.17) is 4.43 Å². The van der Waals surface area contributed by atoms with Gasteiger partial charge in [0.2, 0.25) is 5.91 Å². The van der Waals surface area contributed by atoms with Gasteiger partial charge in [-0.25, -0.2) is 0 Å². The van der Waals surface area contributed by atoms with E-state index in [9.17, 15) is 4.79 Å². The Balaban J connectivity index is 2.64. The summed E-state index contributed by atoms with van der Waals surface area (Å²) in [5, 5.41) is 3.04. The minimum Gasteiger partial charge on any atom is -0.413 e. The van der Waals surface area contributed by atoms with Gasteiger partial charge in [-0.2, -0.15) is 0 Å². The van der Waals surface area contributed by atoms with E-state index < -0.39 is 8.32 Å². The number of halogens is 1. The summed E-state index contributed by atoms with van der Waals surface area (Å²) in [7, 11) is -1.76. The quantitative estimate of drug-likeness (QED) is 0.278. The van der Waals surface area contributed by atoms with Gasteiger partial charge in [-0.05, 0) is 25.1 Å². The number of carbonyl (C=O) groups is 1. The van der Waals surface area contributed by atoms with E-state index in [1.807, 2.05) is 6.92 Å². The lowest BCUT2D eigenvalue weighted by Crippen LogP contribution is -2.61. The molecular formula is C11H22INO2Si. The molecule has 0 bridgehead atoms. The van der Waals surface area contributed by atoms with Crippen LogP contribution in [0.4, 0.5) is 0 Å². The van der Waals surface area contributed by atoms with Crippen LogP contribution in [0.25, 0.3) is 0 Å². The molecule has 1 fully saturated rings. The Bertz CT molecular complexity index is 288. The van der Waals surface area contributed by atoms with Crippen LogP contribution in [0.1, 0.15) is 27.7 Å². The highest BCUT2D eigenvalue weighted by Gasteiger charge is 2.46. The highest BCUT2D eigenvalue weighted by Crippen LogP contribution is 2.39. The number of hydrogen-bond acceptors (Lipinski definition) is 2. The van der Waals surface area contributed by atoms with E-state index in [2.05, 4.69) is 61.8 Å². The van der Waals surface area contributed by atoms with Crippen molar-refractivity contribution in [3.63, 3.8) is 0 Å². The zero-order chi connectivity index (χ0) is 12.7. The molecule has 3 nitrogen and oxygen atoms in total. The van der Waals surface area contributed by atoms with Crippen molar-refractivity contribution in [2.75, 3.05) is 0 Å². The molecule has 0 aromatic rings. The molecule has 16 heavy (non-hydrogen) atoms. The minimum atomic E-state index is -1.76. The molecule has 1 aliphatic rings. The number of carbonyl (C=O) groups excluding carboxylic acids is 1. The monoisotopic (exact) mass is 355 g/mol. The molecule has 1 heterocycles. The Morgan fingerprint density at radius 3 is 2.25 bits per heavy atom. The zero-order valence-electron chi connectivity index (χ0n) is 10.9. The average Bonchev–Trinajstić information content (AvgIpc) is 1.99. The van der Waals surface area contributed by atoms with Gasteiger partial charge in [0.15, 0.2) is 8.32 Å². The molecule has 1 rings (SSSR count). The van der Waals surface area contributed by atoms with Crippen molar-refractivity contribution in [3.05, 3.63) is 0 Å². The lowest BCUT2D eigenvalue weighted by molar-refractivity contribution is -0.135. The van der Waals surface area contributed by atoms with Crippen LogP contribution in [0.5, 0.6) is 0 Å². The van der Waals surface area contributed by atoms with Gasteiger partial charge in [-0.3, -0.25) is 4.79 Å². The SMILES string of the molecule is CC(O[Si](C)(C)C(C)(C)C)C1C(=O)NC1I. The Labute approximate surface area is 113 Å². The fourth-order valence-electron chi connectivity index (χ4n) is 1.52. The van der Waals surface area contributed by atoms with Crippen LogP contribution in [0.15, 0.2) is 0 Å². The highest BCUT2D eigenvalue weighted by molar-refractivity contribution is 14.1. The normalized spacial score (nSPS) is 28.3. The second kappa shape index (κ2) is 4.57. The molecule has 1 saturated heterocycles. The van der Waals surface area contributed by atoms with Crippen LogP contribution in [-0.2, 0) is 9.22 Å². The van der Waals surface area contributed by atoms with Gasteiger partial charge in [0, 0.05) is 0 Å². The summed E-state index contributed by atoms with van der Waals surface area (Å²) in [6.45, 7) is 13.1. The van der Waals surface area contributed by atoms with Gasteiger partial charge < -0.3 is 9.74 Å². The fourth-order valence-corrected chi connectivity index (χ4v) is 4.17. The average molecular weight is 355 g/mol. The minimum absolute atomic E-state index is 0.0229. The van der Waals surface area contributed by atoms with Crippen molar-refractivity contribution in [1.29, 1.82) is 0 Å². The number of hydrogen-bond donors (Lipinski definition) is 1. The molecule has 0 spiro atoms. The Morgan fingerprint density at radius 1 is 1.44 bits per heavy atom. The van der Waals surface area contributed by atoms with Gasteiger partial charge in [-0.1, -0.05) is 43.4 Å². The summed E-state index contributed by atoms with van der Waals surface area (Å²) in [5.41, 5.74) is 0. The molecule has 0 aromatic carbocycles. The number of alkyl halides is 1. The van der Waals surface area contributed by atoms with Gasteiger partial charge in [0.05, 0.1) is 16.1 Å². The first-order chi connectivity index (χ1) is 7.06. The van der Waals surface area contributed by atoms with Crippen molar-refractivity contribution in [2.24, 2.45) is 5.92 Å². The van der Waals surface area contributed by atoms with E-state index in [1.165, 1.54) is 0 Å². The first-order valence-electron chi connectivity index (χ1n) is 5.68. The van der Waals surface area contributed by atoms with Crippen molar-refractivity contribution >= 4 is 36.8 Å². The van der Waals surface area contributed by atoms with E-state index >= 15 is 0 Å². The number of rotatable bonds is 3. The van der Waals surface area contributed by atoms with Crippen molar-refractivity contribution in [2.45, 2.75) is 56.0 Å². The largest absolute Gasteiger partial charge is 0.413 e. The maximum Gasteiger partial charge on any atom is 0.229 e. The Kier molecular flexibility index (Phi) is 4.12. The Morgan fingerprint density at radius 2 is 1.94 bits per heavy atom. The predicted molar refractivity (Wildman–Crippen MR) is 77.2 cm³/mol. The standard InChI is InChI=1S/C11H22INO2Si/c1-7(8-9(12)13-10(8)14)15-16(5,6)11(2,3)4/h7-9H,1-6H3,(H,13,14). The molecule has 3 unspecified atom stereocenters. The lowest BCUT2D eigenvalue weighted by atomic mass is 9.97. The summed E-state index contributed by atoms with van der Waals surface area (Å²) < 4.78 is 6.45. The number of nitrogens with one attached hydrogen (secondary N) is 1. The lowest BCUT2D eigenvalue weighted by Gasteiger charge is -2.43. The highest BCUT2D eigenvalue weighted by atomic mass is 127. The van der Waals surface area contributed by atoms with Crippen LogP contribution in [0.2, 0.25) is 18.1 Å². The van der Waals surface area contributed by atoms with E-state index in [1.54, 1.807) is 0 Å². The summed E-state index contributed by atoms with van der Waals surface area (Å²) in [5.74, 6) is 0.153. The summed E-state index contributed by atoms with van der Waals surface area (Å²) >= 11 is 2.26. The summed E-state index contributed by atoms with van der Waals surface area (Å²) in [6, 6.07) is 0. The molecular weight excluding hydrogens is 333 g/mol. The van der Waals surface area contributed by atoms with Gasteiger partial charge in [0.25, 0.3) is 0 Å². The molecule has 0 radical (unpaired) electrons. The van der Waals surface area contributed by atoms with Gasteiger partial charge >= 0.3 is 0 Å². The van der Waals surface area contributed by atoms with Gasteiger partial charge in [-0.15, -0.1) is 0 Å². The molecule has 0 aliphatic carbocycles. The maximum absolute atomic E-state index is 11.4. The van der Waals surface area contributed by atoms with Crippen LogP contribution in [-0.4, -0.2) is 24.4 Å². The first kappa shape index (κ1) is 14.4. The number of β-lactam (4-membered cyclic amide) rings is 1. The van der Waals surface area contributed by atoms with Crippen molar-refractivity contribution < 1.29 is 9.22 Å². The summed E-state index contributed by atoms with van der Waals surface area (Å²) in [6.07, 6.45) is 0.0246. The van der Waals surface area contributed by atoms with Crippen LogP contribution in [0.3, 0.4) is 0 Å². The molecule has 3 atom stereocenters. The first-order valence-corrected chi connectivity index (χ1v) is 9.84. The molecule has 5 heteroatoms. The van der Waals surface area contributed by atoms with E-state index in [0.29, 0.717) is 0 Å². The van der Waals surface area contributed by atoms with Gasteiger partial charge in [0.1, 0.15) is 0 Å². The molecule has 1 amide bonds. The van der Waals surface area contributed by atoms with Crippen LogP contribution in [0, 0.1) is 5.92 Å². The number of amides is 1. The molecule has 0 aromatic heterocycles. The fraction of sp³-hybridized carbons (Fsp3) is 0.909. The molecule has 94 valence electrons. The van der Waals surface area contributed by atoms with E-state index in [-0.39, 0.29) is 27.0 Å². The predicted octanol–water partition coefficient (Wildman–Crippen LogP) is 2.90. The second-order valence-electron chi connectivity index (χ2n) is 6.02. The topological polar surface area (TPSA) is 38.3 Å². The maximum atomic E-state index is 11.4. The van der Waals surface area contributed by atoms with Crippen molar-refractivity contribution in [3.8, 4) is 0 Å². The zero-order valence-corrected chi connectivity index (χ0v) is 14.1. The molecule has 1 aliphatic heterocycles. The third kappa shape index (κ3) is 2.79. The van der Waals surface area contributed by atoms with E-state index in [0.717, 1.165) is 0 Å². The van der Waals surface area contributed by atoms with Crippen LogP contribution >= 0.6 is 22.6 Å². The Hall–Kier alpha value is 0.377. The van der Waals surface area contributed by atoms with Crippen molar-refractivity contribution in [1.82, 2.24) is 5.32 Å². The third-order valence-corrected chi connectivity index (χ3v) is 9.35. The summed E-state index contributed by atoms with van der Waals surface area (Å²) in [4.78, 5) is 11.4. The molecule has 1 N–H and O–H groups in total.